The number of aliphatic hydroxyl groups is 1. The SMILES string of the molecule is CCCCCCCCCCCCCCCC(=O)CC[N+](C)(CCO)CCC(=O)CCCCCCCCCCCCCCC.COS(=O)(=O)[O-]. The highest BCUT2D eigenvalue weighted by Crippen LogP contribution is 2.16. The van der Waals surface area contributed by atoms with E-state index in [1.165, 1.54) is 154 Å². The van der Waals surface area contributed by atoms with E-state index < -0.39 is 10.4 Å². The molecule has 0 aromatic heterocycles. The number of carbonyl (C=O) groups excluding carboxylic acids is 2. The smallest absolute Gasteiger partial charge is 0.217 e. The van der Waals surface area contributed by atoms with Gasteiger partial charge in [-0.2, -0.15) is 0 Å². The molecule has 0 aliphatic heterocycles. The van der Waals surface area contributed by atoms with Gasteiger partial charge >= 0.3 is 0 Å². The molecule has 0 rings (SSSR count). The highest BCUT2D eigenvalue weighted by molar-refractivity contribution is 7.80. The largest absolute Gasteiger partial charge is 0.726 e. The van der Waals surface area contributed by atoms with E-state index in [4.69, 9.17) is 0 Å². The Balaban J connectivity index is 0. The van der Waals surface area contributed by atoms with Crippen LogP contribution in [0.15, 0.2) is 0 Å². The fraction of sp³-hybridized carbons (Fsp3) is 0.950. The monoisotopic (exact) mass is 720 g/mol. The molecule has 0 fully saturated rings. The molecule has 1 N–H and O–H groups in total. The summed E-state index contributed by atoms with van der Waals surface area (Å²) < 4.78 is 31.7. The van der Waals surface area contributed by atoms with Crippen LogP contribution in [0, 0.1) is 0 Å². The van der Waals surface area contributed by atoms with Gasteiger partial charge in [0.2, 0.25) is 10.4 Å². The van der Waals surface area contributed by atoms with Gasteiger partial charge < -0.3 is 14.1 Å². The Morgan fingerprint density at radius 3 is 0.980 bits per heavy atom. The number of Topliss-reactive ketones (excluding diaryl/α,β-unsaturated/α-hetero) is 2. The maximum absolute atomic E-state index is 12.5. The van der Waals surface area contributed by atoms with E-state index >= 15 is 0 Å². The van der Waals surface area contributed by atoms with Crippen molar-refractivity contribution in [2.45, 2.75) is 206 Å². The molecule has 0 aliphatic rings. The first-order valence-electron chi connectivity index (χ1n) is 20.5. The molecule has 0 spiro atoms. The molecule has 0 radical (unpaired) electrons. The number of nitrogens with zero attached hydrogens (tertiary/aromatic N) is 1. The summed E-state index contributed by atoms with van der Waals surface area (Å²) in [6.07, 6.45) is 36.9. The second-order valence-electron chi connectivity index (χ2n) is 14.7. The summed E-state index contributed by atoms with van der Waals surface area (Å²) in [5, 5.41) is 9.62. The second kappa shape index (κ2) is 36.9. The van der Waals surface area contributed by atoms with E-state index in [0.29, 0.717) is 48.3 Å². The predicted molar refractivity (Wildman–Crippen MR) is 204 cm³/mol. The summed E-state index contributed by atoms with van der Waals surface area (Å²) in [7, 11) is -1.50. The molecule has 0 saturated heterocycles. The van der Waals surface area contributed by atoms with Gasteiger partial charge in [0.25, 0.3) is 0 Å². The van der Waals surface area contributed by atoms with Gasteiger partial charge in [-0.1, -0.05) is 168 Å². The fourth-order valence-electron chi connectivity index (χ4n) is 6.30. The van der Waals surface area contributed by atoms with E-state index in [9.17, 15) is 27.7 Å². The number of hydrogen-bond donors (Lipinski definition) is 1. The average Bonchev–Trinajstić information content (AvgIpc) is 3.07. The minimum absolute atomic E-state index is 0.108. The third-order valence-electron chi connectivity index (χ3n) is 9.82. The number of ketones is 2. The van der Waals surface area contributed by atoms with Crippen LogP contribution >= 0.6 is 0 Å². The molecule has 0 atom stereocenters. The number of rotatable bonds is 37. The minimum Gasteiger partial charge on any atom is -0.726 e. The topological polar surface area (TPSA) is 121 Å². The Kier molecular flexibility index (Phi) is 37.8. The summed E-state index contributed by atoms with van der Waals surface area (Å²) in [5.74, 6) is 0.701. The van der Waals surface area contributed by atoms with Crippen LogP contribution in [0.3, 0.4) is 0 Å². The number of carbonyl (C=O) groups is 2. The van der Waals surface area contributed by atoms with Crippen LogP contribution in [-0.2, 0) is 24.2 Å². The van der Waals surface area contributed by atoms with Crippen molar-refractivity contribution in [2.75, 3.05) is 40.4 Å². The molecular weight excluding hydrogens is 639 g/mol. The standard InChI is InChI=1S/C39H78NO3.CH4O4S/c1-4-6-8-10-12-14-16-18-20-22-24-26-28-30-38(42)32-34-40(3,36-37-41)35-33-39(43)31-29-27-25-23-21-19-17-15-13-11-9-7-5-2;1-5-6(2,3)4/h41H,4-37H2,1-3H3;1H3,(H,2,3,4)/q+1;/p-1. The molecule has 0 saturated carbocycles. The van der Waals surface area contributed by atoms with Crippen LogP contribution in [0.2, 0.25) is 0 Å². The fourth-order valence-corrected chi connectivity index (χ4v) is 6.30. The Hall–Kier alpha value is -0.870. The molecule has 0 aromatic rings. The molecule has 9 heteroatoms. The van der Waals surface area contributed by atoms with Crippen LogP contribution in [0.5, 0.6) is 0 Å². The van der Waals surface area contributed by atoms with Gasteiger partial charge in [0.05, 0.1) is 46.7 Å². The Bertz CT molecular complexity index is 788. The van der Waals surface area contributed by atoms with Gasteiger partial charge in [0.15, 0.2) is 0 Å². The molecule has 8 nitrogen and oxygen atoms in total. The molecule has 0 unspecified atom stereocenters. The van der Waals surface area contributed by atoms with Gasteiger partial charge in [-0.15, -0.1) is 0 Å². The quantitative estimate of drug-likeness (QED) is 0.0294. The third-order valence-corrected chi connectivity index (χ3v) is 10.2. The van der Waals surface area contributed by atoms with Crippen LogP contribution in [0.4, 0.5) is 0 Å². The zero-order chi connectivity index (χ0) is 36.9. The van der Waals surface area contributed by atoms with Crippen molar-refractivity contribution in [3.05, 3.63) is 0 Å². The maximum atomic E-state index is 12.5. The van der Waals surface area contributed by atoms with Crippen molar-refractivity contribution >= 4 is 22.0 Å². The molecule has 0 aliphatic carbocycles. The van der Waals surface area contributed by atoms with Crippen LogP contribution in [0.1, 0.15) is 206 Å². The van der Waals surface area contributed by atoms with Crippen molar-refractivity contribution in [1.29, 1.82) is 0 Å². The molecular formula is C40H81NO7S. The first-order valence-corrected chi connectivity index (χ1v) is 21.9. The van der Waals surface area contributed by atoms with Gasteiger partial charge in [0, 0.05) is 12.8 Å². The third kappa shape index (κ3) is 41.4. The zero-order valence-electron chi connectivity index (χ0n) is 32.8. The van der Waals surface area contributed by atoms with E-state index in [0.717, 1.165) is 33.0 Å². The minimum atomic E-state index is -4.41. The predicted octanol–water partition coefficient (Wildman–Crippen LogP) is 10.4. The normalized spacial score (nSPS) is 11.8. The van der Waals surface area contributed by atoms with E-state index in [-0.39, 0.29) is 6.61 Å². The summed E-state index contributed by atoms with van der Waals surface area (Å²) in [4.78, 5) is 25.1. The Morgan fingerprint density at radius 1 is 0.510 bits per heavy atom. The molecule has 0 heterocycles. The van der Waals surface area contributed by atoms with E-state index in [2.05, 4.69) is 25.1 Å². The summed E-state index contributed by atoms with van der Waals surface area (Å²) in [6, 6.07) is 0. The Labute approximate surface area is 304 Å². The maximum Gasteiger partial charge on any atom is 0.217 e. The lowest BCUT2D eigenvalue weighted by Gasteiger charge is -2.33. The van der Waals surface area contributed by atoms with Crippen LogP contribution < -0.4 is 0 Å². The van der Waals surface area contributed by atoms with Gasteiger partial charge in [-0.25, -0.2) is 8.42 Å². The van der Waals surface area contributed by atoms with Crippen molar-refractivity contribution < 1.29 is 36.3 Å². The Morgan fingerprint density at radius 2 is 0.755 bits per heavy atom. The molecule has 0 aromatic carbocycles. The van der Waals surface area contributed by atoms with Crippen LogP contribution in [0.25, 0.3) is 0 Å². The lowest BCUT2D eigenvalue weighted by Crippen LogP contribution is -2.48. The molecule has 294 valence electrons. The second-order valence-corrected chi connectivity index (χ2v) is 15.8. The van der Waals surface area contributed by atoms with Gasteiger partial charge in [-0.3, -0.25) is 13.8 Å². The molecule has 0 amide bonds. The summed E-state index contributed by atoms with van der Waals surface area (Å²) in [5.41, 5.74) is 0. The lowest BCUT2D eigenvalue weighted by atomic mass is 10.0. The first-order chi connectivity index (χ1) is 23.5. The number of quaternary nitrogens is 1. The summed E-state index contributed by atoms with van der Waals surface area (Å²) >= 11 is 0. The van der Waals surface area contributed by atoms with Crippen molar-refractivity contribution in [2.24, 2.45) is 0 Å². The van der Waals surface area contributed by atoms with Gasteiger partial charge in [0.1, 0.15) is 18.1 Å². The highest BCUT2D eigenvalue weighted by Gasteiger charge is 2.23. The van der Waals surface area contributed by atoms with E-state index in [1.807, 2.05) is 0 Å². The number of unbranched alkanes of at least 4 members (excludes halogenated alkanes) is 24. The summed E-state index contributed by atoms with van der Waals surface area (Å²) in [6.45, 7) is 6.76. The molecule has 49 heavy (non-hydrogen) atoms. The lowest BCUT2D eigenvalue weighted by molar-refractivity contribution is -0.908. The van der Waals surface area contributed by atoms with E-state index in [1.54, 1.807) is 0 Å². The first kappa shape index (κ1) is 50.2. The van der Waals surface area contributed by atoms with Crippen LogP contribution in [-0.4, -0.2) is 74.5 Å². The zero-order valence-corrected chi connectivity index (χ0v) is 33.6. The van der Waals surface area contributed by atoms with Crippen molar-refractivity contribution in [3.8, 4) is 0 Å². The van der Waals surface area contributed by atoms with Gasteiger partial charge in [-0.05, 0) is 12.8 Å². The van der Waals surface area contributed by atoms with Crippen molar-refractivity contribution in [3.63, 3.8) is 0 Å². The highest BCUT2D eigenvalue weighted by atomic mass is 32.3. The molecule has 0 bridgehead atoms. The van der Waals surface area contributed by atoms with Crippen molar-refractivity contribution in [1.82, 2.24) is 0 Å². The average molecular weight is 720 g/mol. The number of aliphatic hydroxyl groups excluding tert-OH is 1. The number of likely N-dealkylation sites (N-methyl/N-ethyl adjacent to an activating group) is 1. The number of hydrogen-bond acceptors (Lipinski definition) is 7.